The molecule has 6 heteroatoms. The molecule has 5 nitrogen and oxygen atoms in total. The first-order valence-corrected chi connectivity index (χ1v) is 9.62. The van der Waals surface area contributed by atoms with Crippen molar-refractivity contribution in [2.45, 2.75) is 65.3 Å². The van der Waals surface area contributed by atoms with Crippen LogP contribution in [-0.4, -0.2) is 33.2 Å². The summed E-state index contributed by atoms with van der Waals surface area (Å²) in [6, 6.07) is 0. The van der Waals surface area contributed by atoms with E-state index in [2.05, 4.69) is 44.7 Å². The molecule has 0 heterocycles. The van der Waals surface area contributed by atoms with Crippen LogP contribution in [0.5, 0.6) is 0 Å². The molecule has 0 spiro atoms. The van der Waals surface area contributed by atoms with Gasteiger partial charge in [-0.1, -0.05) is 20.8 Å². The highest BCUT2D eigenvalue weighted by atomic mass is 28.4. The molecule has 0 radical (unpaired) electrons. The van der Waals surface area contributed by atoms with Crippen molar-refractivity contribution in [2.75, 3.05) is 13.2 Å². The van der Waals surface area contributed by atoms with Gasteiger partial charge in [0, 0.05) is 13.2 Å². The number of hydrogen-bond acceptors (Lipinski definition) is 4. The Morgan fingerprint density at radius 3 is 2.05 bits per heavy atom. The maximum Gasteiger partial charge on any atom is 0.422 e. The Hall–Kier alpha value is -0.593. The predicted molar refractivity (Wildman–Crippen MR) is 80.5 cm³/mol. The second-order valence-corrected chi connectivity index (χ2v) is 12.0. The van der Waals surface area contributed by atoms with Crippen LogP contribution in [-0.2, 0) is 9.16 Å². The van der Waals surface area contributed by atoms with Gasteiger partial charge < -0.3 is 9.16 Å². The van der Waals surface area contributed by atoms with E-state index in [1.54, 1.807) is 0 Å². The van der Waals surface area contributed by atoms with Crippen molar-refractivity contribution in [3.8, 4) is 0 Å². The van der Waals surface area contributed by atoms with Gasteiger partial charge in [-0.3, -0.25) is 5.43 Å². The van der Waals surface area contributed by atoms with E-state index in [1.165, 1.54) is 0 Å². The van der Waals surface area contributed by atoms with Crippen LogP contribution in [0.4, 0.5) is 4.79 Å². The molecule has 0 aromatic carbocycles. The van der Waals surface area contributed by atoms with E-state index in [1.807, 2.05) is 20.8 Å². The molecule has 114 valence electrons. The van der Waals surface area contributed by atoms with Gasteiger partial charge in [-0.25, -0.2) is 10.2 Å². The van der Waals surface area contributed by atoms with Crippen molar-refractivity contribution in [2.24, 2.45) is 0 Å². The zero-order valence-corrected chi connectivity index (χ0v) is 14.6. The predicted octanol–water partition coefficient (Wildman–Crippen LogP) is 3.04. The molecule has 2 N–H and O–H groups in total. The number of nitrogens with one attached hydrogen (secondary N) is 2. The molecule has 1 amide bonds. The Morgan fingerprint density at radius 1 is 1.11 bits per heavy atom. The molecule has 0 fully saturated rings. The summed E-state index contributed by atoms with van der Waals surface area (Å²) in [5.74, 6) is 0. The van der Waals surface area contributed by atoms with Crippen molar-refractivity contribution in [3.63, 3.8) is 0 Å². The van der Waals surface area contributed by atoms with E-state index in [0.717, 1.165) is 0 Å². The minimum Gasteiger partial charge on any atom is -0.443 e. The summed E-state index contributed by atoms with van der Waals surface area (Å²) in [4.78, 5) is 11.4. The van der Waals surface area contributed by atoms with Crippen molar-refractivity contribution in [3.05, 3.63) is 0 Å². The molecule has 0 saturated carbocycles. The van der Waals surface area contributed by atoms with Crippen molar-refractivity contribution in [1.82, 2.24) is 10.9 Å². The van der Waals surface area contributed by atoms with E-state index in [0.29, 0.717) is 13.2 Å². The quantitative estimate of drug-likeness (QED) is 0.464. The summed E-state index contributed by atoms with van der Waals surface area (Å²) in [5, 5.41) is 0.200. The average molecular weight is 290 g/mol. The molecule has 0 aliphatic heterocycles. The molecule has 0 saturated heterocycles. The minimum absolute atomic E-state index is 0.200. The smallest absolute Gasteiger partial charge is 0.422 e. The Morgan fingerprint density at radius 2 is 1.63 bits per heavy atom. The topological polar surface area (TPSA) is 59.6 Å². The SMILES string of the molecule is CC(C)(C)OC(=O)NNCCO[Si](C)(C)C(C)(C)C. The van der Waals surface area contributed by atoms with Gasteiger partial charge in [0.05, 0.1) is 0 Å². The number of hydrogen-bond donors (Lipinski definition) is 2. The Bertz CT molecular complexity index is 293. The van der Waals surface area contributed by atoms with Crippen molar-refractivity contribution in [1.29, 1.82) is 0 Å². The van der Waals surface area contributed by atoms with Crippen LogP contribution in [0.15, 0.2) is 0 Å². The summed E-state index contributed by atoms with van der Waals surface area (Å²) < 4.78 is 11.1. The third kappa shape index (κ3) is 8.23. The van der Waals surface area contributed by atoms with Crippen LogP contribution in [0, 0.1) is 0 Å². The molecule has 0 aliphatic carbocycles. The number of rotatable bonds is 5. The minimum atomic E-state index is -1.70. The number of carbonyl (C=O) groups is 1. The van der Waals surface area contributed by atoms with Crippen LogP contribution in [0.3, 0.4) is 0 Å². The molecule has 19 heavy (non-hydrogen) atoms. The summed E-state index contributed by atoms with van der Waals surface area (Å²) >= 11 is 0. The van der Waals surface area contributed by atoms with Crippen LogP contribution < -0.4 is 10.9 Å². The summed E-state index contributed by atoms with van der Waals surface area (Å²) in [5.41, 5.74) is 4.81. The Kier molecular flexibility index (Phi) is 6.51. The summed E-state index contributed by atoms with van der Waals surface area (Å²) in [6.07, 6.45) is -0.472. The lowest BCUT2D eigenvalue weighted by Gasteiger charge is -2.36. The molecule has 0 bridgehead atoms. The van der Waals surface area contributed by atoms with E-state index < -0.39 is 20.0 Å². The lowest BCUT2D eigenvalue weighted by molar-refractivity contribution is 0.0495. The van der Waals surface area contributed by atoms with Crippen molar-refractivity contribution >= 4 is 14.4 Å². The summed E-state index contributed by atoms with van der Waals surface area (Å²) in [6.45, 7) is 17.6. The highest BCUT2D eigenvalue weighted by Crippen LogP contribution is 2.36. The average Bonchev–Trinajstić information content (AvgIpc) is 2.11. The molecule has 0 atom stereocenters. The fourth-order valence-corrected chi connectivity index (χ4v) is 2.06. The fourth-order valence-electron chi connectivity index (χ4n) is 1.01. The standard InChI is InChI=1S/C13H30N2O3Si/c1-12(2,3)18-11(16)15-14-9-10-17-19(7,8)13(4,5)6/h14H,9-10H2,1-8H3,(H,15,16). The second kappa shape index (κ2) is 6.72. The molecule has 0 aromatic heterocycles. The zero-order valence-electron chi connectivity index (χ0n) is 13.6. The van der Waals surface area contributed by atoms with Crippen molar-refractivity contribution < 1.29 is 14.0 Å². The van der Waals surface area contributed by atoms with Gasteiger partial charge in [0.1, 0.15) is 5.60 Å². The Labute approximate surface area is 118 Å². The second-order valence-electron chi connectivity index (χ2n) is 7.16. The van der Waals surface area contributed by atoms with Gasteiger partial charge in [0.2, 0.25) is 0 Å². The number of ether oxygens (including phenoxy) is 1. The van der Waals surface area contributed by atoms with Gasteiger partial charge in [-0.15, -0.1) is 0 Å². The van der Waals surface area contributed by atoms with Crippen LogP contribution >= 0.6 is 0 Å². The third-order valence-electron chi connectivity index (χ3n) is 3.09. The number of amides is 1. The first kappa shape index (κ1) is 18.4. The maximum atomic E-state index is 11.4. The fraction of sp³-hybridized carbons (Fsp3) is 0.923. The summed E-state index contributed by atoms with van der Waals surface area (Å²) in [7, 11) is -1.70. The molecular formula is C13H30N2O3Si. The van der Waals surface area contributed by atoms with E-state index >= 15 is 0 Å². The third-order valence-corrected chi connectivity index (χ3v) is 7.62. The molecule has 0 rings (SSSR count). The highest BCUT2D eigenvalue weighted by molar-refractivity contribution is 6.74. The largest absolute Gasteiger partial charge is 0.443 e. The number of carbonyl (C=O) groups excluding carboxylic acids is 1. The molecule has 0 unspecified atom stereocenters. The maximum absolute atomic E-state index is 11.4. The van der Waals surface area contributed by atoms with E-state index in [9.17, 15) is 4.79 Å². The van der Waals surface area contributed by atoms with Gasteiger partial charge in [0.15, 0.2) is 8.32 Å². The first-order valence-electron chi connectivity index (χ1n) is 6.71. The van der Waals surface area contributed by atoms with Crippen LogP contribution in [0.25, 0.3) is 0 Å². The molecular weight excluding hydrogens is 260 g/mol. The lowest BCUT2D eigenvalue weighted by atomic mass is 10.2. The van der Waals surface area contributed by atoms with Gasteiger partial charge in [-0.05, 0) is 38.9 Å². The number of hydrazine groups is 1. The Balaban J connectivity index is 3.81. The normalized spacial score (nSPS) is 13.3. The molecule has 0 aliphatic rings. The van der Waals surface area contributed by atoms with Crippen LogP contribution in [0.2, 0.25) is 18.1 Å². The molecule has 0 aromatic rings. The van der Waals surface area contributed by atoms with E-state index in [4.69, 9.17) is 9.16 Å². The highest BCUT2D eigenvalue weighted by Gasteiger charge is 2.36. The lowest BCUT2D eigenvalue weighted by Crippen LogP contribution is -2.45. The van der Waals surface area contributed by atoms with Gasteiger partial charge in [0.25, 0.3) is 0 Å². The van der Waals surface area contributed by atoms with Gasteiger partial charge >= 0.3 is 6.09 Å². The van der Waals surface area contributed by atoms with E-state index in [-0.39, 0.29) is 5.04 Å². The zero-order chi connectivity index (χ0) is 15.3. The monoisotopic (exact) mass is 290 g/mol. The van der Waals surface area contributed by atoms with Gasteiger partial charge in [-0.2, -0.15) is 0 Å². The van der Waals surface area contributed by atoms with Crippen LogP contribution in [0.1, 0.15) is 41.5 Å². The first-order chi connectivity index (χ1) is 8.35.